The average molecular weight is 385 g/mol. The molecule has 1 aliphatic heterocycles. The highest BCUT2D eigenvalue weighted by Crippen LogP contribution is 2.30. The van der Waals surface area contributed by atoms with Crippen LogP contribution in [0.15, 0.2) is 63.0 Å². The Balaban J connectivity index is 1.69. The van der Waals surface area contributed by atoms with Crippen LogP contribution < -0.4 is 11.2 Å². The Bertz CT molecular complexity index is 1200. The zero-order chi connectivity index (χ0) is 19.0. The number of aromatic amines is 2. The van der Waals surface area contributed by atoms with Gasteiger partial charge in [0.25, 0.3) is 5.56 Å². The fourth-order valence-electron chi connectivity index (χ4n) is 3.61. The van der Waals surface area contributed by atoms with Gasteiger partial charge in [-0.2, -0.15) is 4.31 Å². The van der Waals surface area contributed by atoms with Gasteiger partial charge in [-0.25, -0.2) is 13.2 Å². The van der Waals surface area contributed by atoms with Crippen LogP contribution in [-0.2, 0) is 10.0 Å². The van der Waals surface area contributed by atoms with Crippen molar-refractivity contribution in [3.8, 4) is 0 Å². The van der Waals surface area contributed by atoms with Crippen molar-refractivity contribution in [1.29, 1.82) is 0 Å². The molecule has 2 aromatic carbocycles. The first kappa shape index (κ1) is 17.7. The number of aromatic nitrogens is 2. The molecule has 3 aromatic rings. The van der Waals surface area contributed by atoms with Gasteiger partial charge in [-0.3, -0.25) is 9.78 Å². The van der Waals surface area contributed by atoms with Gasteiger partial charge in [-0.15, -0.1) is 0 Å². The molecule has 27 heavy (non-hydrogen) atoms. The summed E-state index contributed by atoms with van der Waals surface area (Å²) >= 11 is 0. The molecule has 1 fully saturated rings. The molecule has 0 saturated carbocycles. The van der Waals surface area contributed by atoms with Crippen molar-refractivity contribution in [3.63, 3.8) is 0 Å². The summed E-state index contributed by atoms with van der Waals surface area (Å²) in [6.07, 6.45) is 1.72. The first-order valence-corrected chi connectivity index (χ1v) is 10.2. The third-order valence-electron chi connectivity index (χ3n) is 5.00. The normalized spacial score (nSPS) is 18.6. The molecule has 0 unspecified atom stereocenters. The highest BCUT2D eigenvalue weighted by Gasteiger charge is 2.31. The van der Waals surface area contributed by atoms with Gasteiger partial charge in [0.2, 0.25) is 10.0 Å². The van der Waals surface area contributed by atoms with Crippen molar-refractivity contribution in [1.82, 2.24) is 14.3 Å². The monoisotopic (exact) mass is 385 g/mol. The lowest BCUT2D eigenvalue weighted by atomic mass is 9.92. The largest absolute Gasteiger partial charge is 0.326 e. The molecular formula is C19H19N3O4S. The lowest BCUT2D eigenvalue weighted by Crippen LogP contribution is -2.39. The second-order valence-corrected chi connectivity index (χ2v) is 8.67. The summed E-state index contributed by atoms with van der Waals surface area (Å²) in [5.74, 6) is 0.148. The molecule has 0 aliphatic carbocycles. The first-order chi connectivity index (χ1) is 12.9. The summed E-state index contributed by atoms with van der Waals surface area (Å²) in [5.41, 5.74) is 0.213. The number of piperidine rings is 1. The van der Waals surface area contributed by atoms with Crippen LogP contribution in [0.4, 0.5) is 0 Å². The summed E-state index contributed by atoms with van der Waals surface area (Å²) < 4.78 is 27.7. The van der Waals surface area contributed by atoms with Gasteiger partial charge in [-0.05, 0) is 42.5 Å². The minimum absolute atomic E-state index is 0.0567. The van der Waals surface area contributed by atoms with Crippen LogP contribution in [0.25, 0.3) is 10.9 Å². The van der Waals surface area contributed by atoms with E-state index in [1.807, 2.05) is 30.3 Å². The quantitative estimate of drug-likeness (QED) is 0.717. The second-order valence-electron chi connectivity index (χ2n) is 6.73. The Morgan fingerprint density at radius 3 is 2.56 bits per heavy atom. The molecule has 1 atom stereocenters. The maximum Gasteiger partial charge on any atom is 0.326 e. The van der Waals surface area contributed by atoms with Crippen LogP contribution in [0, 0.1) is 0 Å². The van der Waals surface area contributed by atoms with Crippen molar-refractivity contribution in [3.05, 3.63) is 74.9 Å². The Hall–Kier alpha value is -2.71. The molecular weight excluding hydrogens is 366 g/mol. The third-order valence-corrected chi connectivity index (χ3v) is 6.86. The minimum Gasteiger partial charge on any atom is -0.307 e. The molecule has 0 bridgehead atoms. The predicted molar refractivity (Wildman–Crippen MR) is 102 cm³/mol. The van der Waals surface area contributed by atoms with Crippen molar-refractivity contribution >= 4 is 20.9 Å². The molecule has 4 rings (SSSR count). The van der Waals surface area contributed by atoms with E-state index in [-0.39, 0.29) is 16.2 Å². The number of sulfonamides is 1. The zero-order valence-electron chi connectivity index (χ0n) is 14.5. The molecule has 2 heterocycles. The van der Waals surface area contributed by atoms with Gasteiger partial charge in [0.1, 0.15) is 0 Å². The topological polar surface area (TPSA) is 103 Å². The summed E-state index contributed by atoms with van der Waals surface area (Å²) in [6.45, 7) is 0.859. The molecule has 1 aliphatic rings. The van der Waals surface area contributed by atoms with Crippen LogP contribution in [0.5, 0.6) is 0 Å². The number of rotatable bonds is 3. The van der Waals surface area contributed by atoms with Crippen LogP contribution in [-0.4, -0.2) is 35.8 Å². The van der Waals surface area contributed by atoms with Crippen molar-refractivity contribution in [2.45, 2.75) is 23.7 Å². The SMILES string of the molecule is O=c1[nH]c(=O)c2cc(S(=O)(=O)N3CCC[C@H](c4ccccc4)C3)ccc2[nH]1. The van der Waals surface area contributed by atoms with E-state index in [0.29, 0.717) is 18.6 Å². The molecule has 1 saturated heterocycles. The van der Waals surface area contributed by atoms with E-state index in [2.05, 4.69) is 9.97 Å². The average Bonchev–Trinajstić information content (AvgIpc) is 2.68. The molecule has 1 aromatic heterocycles. The van der Waals surface area contributed by atoms with E-state index in [4.69, 9.17) is 0 Å². The van der Waals surface area contributed by atoms with E-state index in [1.54, 1.807) is 0 Å². The van der Waals surface area contributed by atoms with Crippen LogP contribution >= 0.6 is 0 Å². The van der Waals surface area contributed by atoms with Crippen LogP contribution in [0.2, 0.25) is 0 Å². The molecule has 0 radical (unpaired) electrons. The summed E-state index contributed by atoms with van der Waals surface area (Å²) in [5, 5.41) is 0.146. The van der Waals surface area contributed by atoms with Crippen LogP contribution in [0.3, 0.4) is 0 Å². The molecule has 7 nitrogen and oxygen atoms in total. The van der Waals surface area contributed by atoms with Crippen molar-refractivity contribution in [2.24, 2.45) is 0 Å². The lowest BCUT2D eigenvalue weighted by Gasteiger charge is -2.32. The number of hydrogen-bond donors (Lipinski definition) is 2. The highest BCUT2D eigenvalue weighted by atomic mass is 32.2. The number of fused-ring (bicyclic) bond motifs is 1. The fourth-order valence-corrected chi connectivity index (χ4v) is 5.16. The van der Waals surface area contributed by atoms with Crippen molar-refractivity contribution < 1.29 is 8.42 Å². The summed E-state index contributed by atoms with van der Waals surface area (Å²) in [4.78, 5) is 28.1. The Morgan fingerprint density at radius 2 is 1.78 bits per heavy atom. The van der Waals surface area contributed by atoms with Gasteiger partial charge in [0.15, 0.2) is 0 Å². The Kier molecular flexibility index (Phi) is 4.45. The fraction of sp³-hybridized carbons (Fsp3) is 0.263. The number of H-pyrrole nitrogens is 2. The highest BCUT2D eigenvalue weighted by molar-refractivity contribution is 7.89. The predicted octanol–water partition coefficient (Wildman–Crippen LogP) is 1.78. The molecule has 0 spiro atoms. The van der Waals surface area contributed by atoms with Gasteiger partial charge in [0, 0.05) is 13.1 Å². The Morgan fingerprint density at radius 1 is 1.00 bits per heavy atom. The van der Waals surface area contributed by atoms with Crippen LogP contribution in [0.1, 0.15) is 24.3 Å². The second kappa shape index (κ2) is 6.79. The van der Waals surface area contributed by atoms with E-state index in [1.165, 1.54) is 22.5 Å². The zero-order valence-corrected chi connectivity index (χ0v) is 15.3. The number of nitrogens with one attached hydrogen (secondary N) is 2. The van der Waals surface area contributed by atoms with E-state index < -0.39 is 21.3 Å². The van der Waals surface area contributed by atoms with Gasteiger partial charge < -0.3 is 4.98 Å². The summed E-state index contributed by atoms with van der Waals surface area (Å²) in [6, 6.07) is 14.1. The van der Waals surface area contributed by atoms with Gasteiger partial charge in [-0.1, -0.05) is 30.3 Å². The van der Waals surface area contributed by atoms with E-state index in [9.17, 15) is 18.0 Å². The smallest absolute Gasteiger partial charge is 0.307 e. The lowest BCUT2D eigenvalue weighted by molar-refractivity contribution is 0.315. The van der Waals surface area contributed by atoms with Gasteiger partial charge in [0.05, 0.1) is 15.8 Å². The Labute approximate surface area is 155 Å². The number of nitrogens with zero attached hydrogens (tertiary/aromatic N) is 1. The molecule has 0 amide bonds. The van der Waals surface area contributed by atoms with E-state index in [0.717, 1.165) is 18.4 Å². The van der Waals surface area contributed by atoms with E-state index >= 15 is 0 Å². The minimum atomic E-state index is -3.73. The van der Waals surface area contributed by atoms with Gasteiger partial charge >= 0.3 is 5.69 Å². The molecule has 140 valence electrons. The third kappa shape index (κ3) is 3.33. The summed E-state index contributed by atoms with van der Waals surface area (Å²) in [7, 11) is -3.73. The van der Waals surface area contributed by atoms with Crippen molar-refractivity contribution in [2.75, 3.05) is 13.1 Å². The maximum absolute atomic E-state index is 13.1. The number of hydrogen-bond acceptors (Lipinski definition) is 4. The number of benzene rings is 2. The first-order valence-electron chi connectivity index (χ1n) is 8.76. The maximum atomic E-state index is 13.1. The molecule has 8 heteroatoms. The molecule has 2 N–H and O–H groups in total. The standard InChI is InChI=1S/C19H19N3O4S/c23-18-16-11-15(8-9-17(16)20-19(24)21-18)27(25,26)22-10-4-7-14(12-22)13-5-2-1-3-6-13/h1-3,5-6,8-9,11,14H,4,7,10,12H2,(H2,20,21,23,24)/t14-/m0/s1.